The first-order valence-corrected chi connectivity index (χ1v) is 7.28. The molecule has 0 fully saturated rings. The molecule has 0 saturated carbocycles. The molecule has 108 valence electrons. The Bertz CT molecular complexity index is 650. The van der Waals surface area contributed by atoms with Crippen LogP contribution in [0.2, 0.25) is 0 Å². The fourth-order valence-electron chi connectivity index (χ4n) is 1.67. The quantitative estimate of drug-likeness (QED) is 0.800. The highest BCUT2D eigenvalue weighted by molar-refractivity contribution is 9.10. The lowest BCUT2D eigenvalue weighted by Crippen LogP contribution is -2.12. The van der Waals surface area contributed by atoms with E-state index in [-0.39, 0.29) is 5.91 Å². The molecule has 2 aromatic carbocycles. The van der Waals surface area contributed by atoms with E-state index in [0.29, 0.717) is 17.9 Å². The molecule has 1 N–H and O–H groups in total. The van der Waals surface area contributed by atoms with E-state index in [2.05, 4.69) is 27.8 Å². The van der Waals surface area contributed by atoms with Crippen molar-refractivity contribution < 1.29 is 9.53 Å². The Balaban J connectivity index is 2.06. The van der Waals surface area contributed by atoms with Gasteiger partial charge in [0.2, 0.25) is 0 Å². The normalized spacial score (nSPS) is 10.0. The van der Waals surface area contributed by atoms with Gasteiger partial charge < -0.3 is 10.1 Å². The molecule has 0 aromatic heterocycles. The summed E-state index contributed by atoms with van der Waals surface area (Å²) in [5.41, 5.74) is 2.23. The van der Waals surface area contributed by atoms with Gasteiger partial charge in [-0.2, -0.15) is 0 Å². The molecular formula is C17H16BrNO2. The molecule has 2 aromatic rings. The van der Waals surface area contributed by atoms with E-state index in [9.17, 15) is 4.79 Å². The molecule has 0 saturated heterocycles. The lowest BCUT2D eigenvalue weighted by Gasteiger charge is -2.08. The maximum absolute atomic E-state index is 12.2. The van der Waals surface area contributed by atoms with Crippen molar-refractivity contribution in [2.75, 3.05) is 11.9 Å². The molecule has 0 radical (unpaired) electrons. The van der Waals surface area contributed by atoms with Crippen molar-refractivity contribution >= 4 is 27.5 Å². The molecule has 3 nitrogen and oxygen atoms in total. The number of carbonyl (C=O) groups excluding carboxylic acids is 1. The lowest BCUT2D eigenvalue weighted by atomic mass is 10.2. The topological polar surface area (TPSA) is 38.3 Å². The van der Waals surface area contributed by atoms with Gasteiger partial charge in [-0.3, -0.25) is 4.79 Å². The second kappa shape index (κ2) is 7.09. The summed E-state index contributed by atoms with van der Waals surface area (Å²) in [6.45, 7) is 6.12. The zero-order valence-electron chi connectivity index (χ0n) is 11.7. The number of anilines is 1. The molecule has 0 heterocycles. The average Bonchev–Trinajstić information content (AvgIpc) is 2.48. The monoisotopic (exact) mass is 345 g/mol. The Labute approximate surface area is 132 Å². The molecule has 4 heteroatoms. The standard InChI is InChI=1S/C17H16BrNO2/c1-12(2)11-21-16-5-3-4-13(10-16)17(20)19-15-8-6-14(18)7-9-15/h3-10H,1,11H2,2H3,(H,19,20). The number of halogens is 1. The van der Waals surface area contributed by atoms with Gasteiger partial charge >= 0.3 is 0 Å². The van der Waals surface area contributed by atoms with Gasteiger partial charge in [0.25, 0.3) is 5.91 Å². The first kappa shape index (κ1) is 15.3. The minimum Gasteiger partial charge on any atom is -0.489 e. The number of hydrogen-bond acceptors (Lipinski definition) is 2. The molecule has 0 bridgehead atoms. The van der Waals surface area contributed by atoms with Crippen molar-refractivity contribution in [2.45, 2.75) is 6.92 Å². The summed E-state index contributed by atoms with van der Waals surface area (Å²) < 4.78 is 6.51. The molecule has 21 heavy (non-hydrogen) atoms. The second-order valence-electron chi connectivity index (χ2n) is 4.73. The molecule has 1 amide bonds. The SMILES string of the molecule is C=C(C)COc1cccc(C(=O)Nc2ccc(Br)cc2)c1. The third kappa shape index (κ3) is 4.76. The van der Waals surface area contributed by atoms with E-state index in [1.54, 1.807) is 18.2 Å². The highest BCUT2D eigenvalue weighted by Crippen LogP contribution is 2.17. The van der Waals surface area contributed by atoms with Crippen LogP contribution in [0.25, 0.3) is 0 Å². The van der Waals surface area contributed by atoms with Crippen molar-refractivity contribution in [1.29, 1.82) is 0 Å². The number of rotatable bonds is 5. The van der Waals surface area contributed by atoms with E-state index in [4.69, 9.17) is 4.74 Å². The number of amides is 1. The summed E-state index contributed by atoms with van der Waals surface area (Å²) in [6.07, 6.45) is 0. The van der Waals surface area contributed by atoms with Crippen LogP contribution in [0.15, 0.2) is 65.2 Å². The largest absolute Gasteiger partial charge is 0.489 e. The number of hydrogen-bond donors (Lipinski definition) is 1. The van der Waals surface area contributed by atoms with Crippen LogP contribution < -0.4 is 10.1 Å². The Morgan fingerprint density at radius 3 is 2.62 bits per heavy atom. The molecule has 0 aliphatic heterocycles. The molecule has 0 atom stereocenters. The summed E-state index contributed by atoms with van der Waals surface area (Å²) in [5, 5.41) is 2.84. The van der Waals surface area contributed by atoms with Gasteiger partial charge in [-0.25, -0.2) is 0 Å². The fraction of sp³-hybridized carbons (Fsp3) is 0.118. The number of nitrogens with one attached hydrogen (secondary N) is 1. The van der Waals surface area contributed by atoms with Crippen molar-refractivity contribution in [3.05, 3.63) is 70.7 Å². The van der Waals surface area contributed by atoms with Crippen molar-refractivity contribution in [3.8, 4) is 5.75 Å². The zero-order chi connectivity index (χ0) is 15.2. The Morgan fingerprint density at radius 1 is 1.24 bits per heavy atom. The fourth-order valence-corrected chi connectivity index (χ4v) is 1.93. The van der Waals surface area contributed by atoms with Gasteiger partial charge in [-0.15, -0.1) is 0 Å². The third-order valence-corrected chi connectivity index (χ3v) is 3.21. The van der Waals surface area contributed by atoms with Crippen molar-refractivity contribution in [3.63, 3.8) is 0 Å². The predicted molar refractivity (Wildman–Crippen MR) is 88.8 cm³/mol. The van der Waals surface area contributed by atoms with Gasteiger partial charge in [-0.1, -0.05) is 28.6 Å². The minimum absolute atomic E-state index is 0.168. The molecular weight excluding hydrogens is 330 g/mol. The van der Waals surface area contributed by atoms with Crippen LogP contribution in [-0.2, 0) is 0 Å². The maximum atomic E-state index is 12.2. The number of benzene rings is 2. The van der Waals surface area contributed by atoms with Crippen LogP contribution in [0.5, 0.6) is 5.75 Å². The number of ether oxygens (including phenoxy) is 1. The van der Waals surface area contributed by atoms with Crippen molar-refractivity contribution in [2.24, 2.45) is 0 Å². The van der Waals surface area contributed by atoms with Gasteiger partial charge in [0, 0.05) is 15.7 Å². The van der Waals surface area contributed by atoms with Crippen LogP contribution in [0.1, 0.15) is 17.3 Å². The first-order chi connectivity index (χ1) is 10.0. The zero-order valence-corrected chi connectivity index (χ0v) is 13.3. The highest BCUT2D eigenvalue weighted by Gasteiger charge is 2.07. The predicted octanol–water partition coefficient (Wildman–Crippen LogP) is 4.66. The summed E-state index contributed by atoms with van der Waals surface area (Å²) in [4.78, 5) is 12.2. The van der Waals surface area contributed by atoms with E-state index in [1.165, 1.54) is 0 Å². The van der Waals surface area contributed by atoms with E-state index >= 15 is 0 Å². The van der Waals surface area contributed by atoms with Gasteiger partial charge in [0.15, 0.2) is 0 Å². The lowest BCUT2D eigenvalue weighted by molar-refractivity contribution is 0.102. The first-order valence-electron chi connectivity index (χ1n) is 6.49. The third-order valence-electron chi connectivity index (χ3n) is 2.68. The van der Waals surface area contributed by atoms with Crippen LogP contribution >= 0.6 is 15.9 Å². The van der Waals surface area contributed by atoms with E-state index in [1.807, 2.05) is 37.3 Å². The van der Waals surface area contributed by atoms with Crippen molar-refractivity contribution in [1.82, 2.24) is 0 Å². The van der Waals surface area contributed by atoms with E-state index in [0.717, 1.165) is 15.7 Å². The van der Waals surface area contributed by atoms with Crippen LogP contribution in [0, 0.1) is 0 Å². The van der Waals surface area contributed by atoms with Crippen LogP contribution in [-0.4, -0.2) is 12.5 Å². The molecule has 0 spiro atoms. The molecule has 0 aliphatic carbocycles. The maximum Gasteiger partial charge on any atom is 0.255 e. The van der Waals surface area contributed by atoms with Crippen LogP contribution in [0.3, 0.4) is 0 Å². The van der Waals surface area contributed by atoms with E-state index < -0.39 is 0 Å². The van der Waals surface area contributed by atoms with Gasteiger partial charge in [0.1, 0.15) is 12.4 Å². The second-order valence-corrected chi connectivity index (χ2v) is 5.65. The molecule has 0 unspecified atom stereocenters. The van der Waals surface area contributed by atoms with Gasteiger partial charge in [-0.05, 0) is 55.0 Å². The average molecular weight is 346 g/mol. The molecule has 0 aliphatic rings. The summed E-state index contributed by atoms with van der Waals surface area (Å²) in [7, 11) is 0. The number of carbonyl (C=O) groups is 1. The smallest absolute Gasteiger partial charge is 0.255 e. The summed E-state index contributed by atoms with van der Waals surface area (Å²) in [5.74, 6) is 0.486. The minimum atomic E-state index is -0.168. The summed E-state index contributed by atoms with van der Waals surface area (Å²) in [6, 6.07) is 14.5. The molecule has 2 rings (SSSR count). The van der Waals surface area contributed by atoms with Crippen LogP contribution in [0.4, 0.5) is 5.69 Å². The Hall–Kier alpha value is -2.07. The Morgan fingerprint density at radius 2 is 1.95 bits per heavy atom. The highest BCUT2D eigenvalue weighted by atomic mass is 79.9. The Kier molecular flexibility index (Phi) is 5.17. The van der Waals surface area contributed by atoms with Gasteiger partial charge in [0.05, 0.1) is 0 Å². The summed E-state index contributed by atoms with van der Waals surface area (Å²) >= 11 is 3.36.